The van der Waals surface area contributed by atoms with E-state index in [0.717, 1.165) is 6.42 Å². The fraction of sp³-hybridized carbons (Fsp3) is 0.545. The van der Waals surface area contributed by atoms with Crippen LogP contribution in [0.25, 0.3) is 0 Å². The highest BCUT2D eigenvalue weighted by Gasteiger charge is 2.10. The summed E-state index contributed by atoms with van der Waals surface area (Å²) in [4.78, 5) is 18.8. The predicted molar refractivity (Wildman–Crippen MR) is 63.1 cm³/mol. The minimum Gasteiger partial charge on any atom is -0.478 e. The normalized spacial score (nSPS) is 12.2. The second-order valence-corrected chi connectivity index (χ2v) is 3.91. The Bertz CT molecular complexity index is 396. The SMILES string of the molecule is Cc1nc(NC(C)CCCO)ncc1C(=O)O. The molecule has 6 heteroatoms. The Morgan fingerprint density at radius 1 is 1.59 bits per heavy atom. The van der Waals surface area contributed by atoms with Gasteiger partial charge in [-0.05, 0) is 26.7 Å². The lowest BCUT2D eigenvalue weighted by Gasteiger charge is -2.13. The summed E-state index contributed by atoms with van der Waals surface area (Å²) in [5.74, 6) is -0.611. The zero-order chi connectivity index (χ0) is 12.8. The van der Waals surface area contributed by atoms with E-state index in [-0.39, 0.29) is 18.2 Å². The van der Waals surface area contributed by atoms with Gasteiger partial charge in [0.25, 0.3) is 0 Å². The van der Waals surface area contributed by atoms with Crippen molar-refractivity contribution in [3.8, 4) is 0 Å². The Kier molecular flexibility index (Phi) is 4.84. The molecule has 1 atom stereocenters. The van der Waals surface area contributed by atoms with Crippen molar-refractivity contribution in [2.24, 2.45) is 0 Å². The summed E-state index contributed by atoms with van der Waals surface area (Å²) in [7, 11) is 0. The van der Waals surface area contributed by atoms with Crippen LogP contribution < -0.4 is 5.32 Å². The first-order valence-electron chi connectivity index (χ1n) is 5.49. The number of carboxylic acids is 1. The van der Waals surface area contributed by atoms with Gasteiger partial charge in [-0.15, -0.1) is 0 Å². The lowest BCUT2D eigenvalue weighted by molar-refractivity contribution is 0.0695. The summed E-state index contributed by atoms with van der Waals surface area (Å²) in [6, 6.07) is 0.136. The van der Waals surface area contributed by atoms with Crippen LogP contribution >= 0.6 is 0 Å². The fourth-order valence-electron chi connectivity index (χ4n) is 1.44. The number of nitrogens with zero attached hydrogens (tertiary/aromatic N) is 2. The Labute approximate surface area is 99.7 Å². The van der Waals surface area contributed by atoms with Gasteiger partial charge in [-0.2, -0.15) is 0 Å². The molecule has 0 radical (unpaired) electrons. The average molecular weight is 239 g/mol. The maximum absolute atomic E-state index is 10.8. The Morgan fingerprint density at radius 2 is 2.29 bits per heavy atom. The third-order valence-corrected chi connectivity index (χ3v) is 2.38. The molecular weight excluding hydrogens is 222 g/mol. The van der Waals surface area contributed by atoms with E-state index in [0.29, 0.717) is 18.1 Å². The number of aromatic carboxylic acids is 1. The lowest BCUT2D eigenvalue weighted by Crippen LogP contribution is -2.18. The summed E-state index contributed by atoms with van der Waals surface area (Å²) in [5, 5.41) is 20.6. The molecule has 0 saturated carbocycles. The number of aliphatic hydroxyl groups excluding tert-OH is 1. The van der Waals surface area contributed by atoms with Gasteiger partial charge in [0.05, 0.1) is 11.3 Å². The lowest BCUT2D eigenvalue weighted by atomic mass is 10.2. The number of aliphatic hydroxyl groups is 1. The molecule has 1 aromatic rings. The number of aryl methyl sites for hydroxylation is 1. The second-order valence-electron chi connectivity index (χ2n) is 3.91. The number of hydrogen-bond acceptors (Lipinski definition) is 5. The number of rotatable bonds is 6. The van der Waals surface area contributed by atoms with E-state index in [2.05, 4.69) is 15.3 Å². The topological polar surface area (TPSA) is 95.3 Å². The predicted octanol–water partition coefficient (Wildman–Crippen LogP) is 1.06. The first-order chi connectivity index (χ1) is 8.04. The Morgan fingerprint density at radius 3 is 2.82 bits per heavy atom. The zero-order valence-electron chi connectivity index (χ0n) is 9.97. The molecule has 6 nitrogen and oxygen atoms in total. The van der Waals surface area contributed by atoms with E-state index in [1.54, 1.807) is 6.92 Å². The Hall–Kier alpha value is -1.69. The van der Waals surface area contributed by atoms with Crippen LogP contribution in [0.1, 0.15) is 35.8 Å². The monoisotopic (exact) mass is 239 g/mol. The van der Waals surface area contributed by atoms with Crippen LogP contribution in [0, 0.1) is 6.92 Å². The van der Waals surface area contributed by atoms with Gasteiger partial charge in [-0.25, -0.2) is 14.8 Å². The fourth-order valence-corrected chi connectivity index (χ4v) is 1.44. The molecule has 0 aliphatic carbocycles. The van der Waals surface area contributed by atoms with Crippen molar-refractivity contribution >= 4 is 11.9 Å². The Balaban J connectivity index is 2.67. The average Bonchev–Trinajstić information content (AvgIpc) is 2.26. The first-order valence-corrected chi connectivity index (χ1v) is 5.49. The van der Waals surface area contributed by atoms with Crippen LogP contribution in [0.15, 0.2) is 6.20 Å². The van der Waals surface area contributed by atoms with Crippen molar-refractivity contribution < 1.29 is 15.0 Å². The molecule has 0 saturated heterocycles. The van der Waals surface area contributed by atoms with E-state index < -0.39 is 5.97 Å². The van der Waals surface area contributed by atoms with Crippen LogP contribution in [0.3, 0.4) is 0 Å². The highest BCUT2D eigenvalue weighted by molar-refractivity contribution is 5.88. The maximum Gasteiger partial charge on any atom is 0.339 e. The maximum atomic E-state index is 10.8. The number of anilines is 1. The highest BCUT2D eigenvalue weighted by Crippen LogP contribution is 2.09. The van der Waals surface area contributed by atoms with Gasteiger partial charge < -0.3 is 15.5 Å². The summed E-state index contributed by atoms with van der Waals surface area (Å²) in [5.41, 5.74) is 0.544. The molecule has 0 aliphatic rings. The van der Waals surface area contributed by atoms with Crippen molar-refractivity contribution in [1.82, 2.24) is 9.97 Å². The van der Waals surface area contributed by atoms with E-state index in [9.17, 15) is 4.79 Å². The van der Waals surface area contributed by atoms with Crippen molar-refractivity contribution in [1.29, 1.82) is 0 Å². The largest absolute Gasteiger partial charge is 0.478 e. The minimum absolute atomic E-state index is 0.110. The van der Waals surface area contributed by atoms with Gasteiger partial charge >= 0.3 is 5.97 Å². The molecule has 0 bridgehead atoms. The quantitative estimate of drug-likeness (QED) is 0.687. The molecule has 1 unspecified atom stereocenters. The molecule has 0 fully saturated rings. The van der Waals surface area contributed by atoms with Crippen LogP contribution in [-0.2, 0) is 0 Å². The van der Waals surface area contributed by atoms with E-state index in [4.69, 9.17) is 10.2 Å². The smallest absolute Gasteiger partial charge is 0.339 e. The van der Waals surface area contributed by atoms with Crippen LogP contribution in [-0.4, -0.2) is 38.8 Å². The molecule has 0 spiro atoms. The number of carboxylic acid groups (broad SMARTS) is 1. The van der Waals surface area contributed by atoms with Gasteiger partial charge in [-0.3, -0.25) is 0 Å². The minimum atomic E-state index is -1.03. The number of nitrogens with one attached hydrogen (secondary N) is 1. The molecule has 3 N–H and O–H groups in total. The van der Waals surface area contributed by atoms with Gasteiger partial charge in [0.2, 0.25) is 5.95 Å². The zero-order valence-corrected chi connectivity index (χ0v) is 9.97. The van der Waals surface area contributed by atoms with Gasteiger partial charge in [0.1, 0.15) is 0 Å². The molecular formula is C11H17N3O3. The molecule has 1 heterocycles. The molecule has 0 aliphatic heterocycles. The third kappa shape index (κ3) is 3.99. The van der Waals surface area contributed by atoms with E-state index >= 15 is 0 Å². The van der Waals surface area contributed by atoms with Crippen LogP contribution in [0.5, 0.6) is 0 Å². The summed E-state index contributed by atoms with van der Waals surface area (Å²) < 4.78 is 0. The molecule has 1 aromatic heterocycles. The summed E-state index contributed by atoms with van der Waals surface area (Å²) in [6.07, 6.45) is 2.81. The molecule has 17 heavy (non-hydrogen) atoms. The number of carbonyl (C=O) groups is 1. The van der Waals surface area contributed by atoms with Crippen LogP contribution in [0.2, 0.25) is 0 Å². The van der Waals surface area contributed by atoms with E-state index in [1.807, 2.05) is 6.92 Å². The van der Waals surface area contributed by atoms with Gasteiger partial charge in [0.15, 0.2) is 0 Å². The van der Waals surface area contributed by atoms with Crippen molar-refractivity contribution in [3.63, 3.8) is 0 Å². The van der Waals surface area contributed by atoms with Gasteiger partial charge in [-0.1, -0.05) is 0 Å². The van der Waals surface area contributed by atoms with E-state index in [1.165, 1.54) is 6.20 Å². The van der Waals surface area contributed by atoms with Crippen molar-refractivity contribution in [3.05, 3.63) is 17.5 Å². The molecule has 94 valence electrons. The van der Waals surface area contributed by atoms with Gasteiger partial charge in [0, 0.05) is 18.8 Å². The van der Waals surface area contributed by atoms with Crippen LogP contribution in [0.4, 0.5) is 5.95 Å². The van der Waals surface area contributed by atoms with Crippen molar-refractivity contribution in [2.45, 2.75) is 32.7 Å². The third-order valence-electron chi connectivity index (χ3n) is 2.38. The molecule has 0 amide bonds. The molecule has 1 rings (SSSR count). The van der Waals surface area contributed by atoms with Crippen molar-refractivity contribution in [2.75, 3.05) is 11.9 Å². The number of aromatic nitrogens is 2. The summed E-state index contributed by atoms with van der Waals surface area (Å²) in [6.45, 7) is 3.75. The standard InChI is InChI=1S/C11H17N3O3/c1-7(4-3-5-15)13-11-12-6-9(10(16)17)8(2)14-11/h6-7,15H,3-5H2,1-2H3,(H,16,17)(H,12,13,14). The molecule has 0 aromatic carbocycles. The highest BCUT2D eigenvalue weighted by atomic mass is 16.4. The first kappa shape index (κ1) is 13.4. The second kappa shape index (κ2) is 6.15. The summed E-state index contributed by atoms with van der Waals surface area (Å²) >= 11 is 0. The number of hydrogen-bond donors (Lipinski definition) is 3.